The van der Waals surface area contributed by atoms with Crippen molar-refractivity contribution >= 4 is 29.1 Å². The van der Waals surface area contributed by atoms with E-state index in [1.807, 2.05) is 0 Å². The van der Waals surface area contributed by atoms with Gasteiger partial charge in [0.15, 0.2) is 5.15 Å². The van der Waals surface area contributed by atoms with Crippen LogP contribution in [0.4, 0.5) is 0 Å². The van der Waals surface area contributed by atoms with Crippen LogP contribution in [0.1, 0.15) is 13.0 Å². The SMILES string of the molecule is CC(C(=O)N(C)C)n1cnc(Cl)c(Cl)c1=O. The average Bonchev–Trinajstić information content (AvgIpc) is 2.24. The third-order valence-corrected chi connectivity index (χ3v) is 2.84. The fourth-order valence-corrected chi connectivity index (χ4v) is 1.46. The number of rotatable bonds is 2. The molecule has 16 heavy (non-hydrogen) atoms. The molecule has 0 saturated heterocycles. The summed E-state index contributed by atoms with van der Waals surface area (Å²) in [7, 11) is 3.21. The van der Waals surface area contributed by atoms with Gasteiger partial charge in [-0.1, -0.05) is 23.2 Å². The van der Waals surface area contributed by atoms with Gasteiger partial charge in [-0.05, 0) is 6.92 Å². The monoisotopic (exact) mass is 263 g/mol. The molecule has 0 N–H and O–H groups in total. The summed E-state index contributed by atoms with van der Waals surface area (Å²) in [5, 5.41) is -0.241. The Morgan fingerprint density at radius 2 is 2.06 bits per heavy atom. The molecule has 1 atom stereocenters. The van der Waals surface area contributed by atoms with Gasteiger partial charge < -0.3 is 4.90 Å². The molecule has 1 unspecified atom stereocenters. The molecule has 0 aliphatic rings. The standard InChI is InChI=1S/C9H11Cl2N3O2/c1-5(8(15)13(2)3)14-4-12-7(11)6(10)9(14)16/h4-5H,1-3H3. The van der Waals surface area contributed by atoms with Crippen molar-refractivity contribution in [2.75, 3.05) is 14.1 Å². The number of carbonyl (C=O) groups is 1. The van der Waals surface area contributed by atoms with E-state index < -0.39 is 11.6 Å². The van der Waals surface area contributed by atoms with E-state index in [4.69, 9.17) is 23.2 Å². The molecule has 88 valence electrons. The van der Waals surface area contributed by atoms with Gasteiger partial charge in [-0.2, -0.15) is 0 Å². The number of likely N-dealkylation sites (N-methyl/N-ethyl adjacent to an activating group) is 1. The van der Waals surface area contributed by atoms with Crippen LogP contribution < -0.4 is 5.56 Å². The summed E-state index contributed by atoms with van der Waals surface area (Å²) in [5.74, 6) is -0.220. The first-order valence-corrected chi connectivity index (χ1v) is 5.25. The minimum atomic E-state index is -0.662. The van der Waals surface area contributed by atoms with Gasteiger partial charge >= 0.3 is 0 Å². The molecule has 0 fully saturated rings. The van der Waals surface area contributed by atoms with E-state index in [2.05, 4.69) is 4.98 Å². The zero-order chi connectivity index (χ0) is 12.5. The van der Waals surface area contributed by atoms with E-state index in [1.165, 1.54) is 11.2 Å². The van der Waals surface area contributed by atoms with Crippen LogP contribution in [0.2, 0.25) is 10.2 Å². The fourth-order valence-electron chi connectivity index (χ4n) is 1.19. The number of hydrogen-bond donors (Lipinski definition) is 0. The molecule has 0 aliphatic carbocycles. The third-order valence-electron chi connectivity index (χ3n) is 2.11. The molecule has 0 aromatic carbocycles. The smallest absolute Gasteiger partial charge is 0.274 e. The lowest BCUT2D eigenvalue weighted by molar-refractivity contribution is -0.131. The zero-order valence-electron chi connectivity index (χ0n) is 9.07. The highest BCUT2D eigenvalue weighted by molar-refractivity contribution is 6.40. The van der Waals surface area contributed by atoms with E-state index in [-0.39, 0.29) is 16.1 Å². The minimum Gasteiger partial charge on any atom is -0.347 e. The van der Waals surface area contributed by atoms with Gasteiger partial charge in [-0.25, -0.2) is 4.98 Å². The van der Waals surface area contributed by atoms with E-state index in [1.54, 1.807) is 21.0 Å². The van der Waals surface area contributed by atoms with Crippen molar-refractivity contribution in [3.8, 4) is 0 Å². The van der Waals surface area contributed by atoms with Crippen LogP contribution in [0, 0.1) is 0 Å². The Hall–Kier alpha value is -1.07. The third kappa shape index (κ3) is 2.36. The molecule has 0 radical (unpaired) electrons. The molecule has 0 aliphatic heterocycles. The van der Waals surface area contributed by atoms with Gasteiger partial charge in [0, 0.05) is 14.1 Å². The molecule has 0 bridgehead atoms. The molecular formula is C9H11Cl2N3O2. The first kappa shape index (κ1) is 13.0. The van der Waals surface area contributed by atoms with Crippen LogP contribution in [0.25, 0.3) is 0 Å². The molecule has 1 aromatic rings. The summed E-state index contributed by atoms with van der Waals surface area (Å²) in [4.78, 5) is 28.5. The lowest BCUT2D eigenvalue weighted by Crippen LogP contribution is -2.35. The Morgan fingerprint density at radius 1 is 1.50 bits per heavy atom. The van der Waals surface area contributed by atoms with Crippen molar-refractivity contribution in [3.05, 3.63) is 26.9 Å². The summed E-state index contributed by atoms with van der Waals surface area (Å²) in [6.07, 6.45) is 1.21. The molecule has 1 rings (SSSR count). The number of nitrogens with zero attached hydrogens (tertiary/aromatic N) is 3. The van der Waals surface area contributed by atoms with Crippen molar-refractivity contribution in [2.45, 2.75) is 13.0 Å². The largest absolute Gasteiger partial charge is 0.347 e. The Balaban J connectivity index is 3.21. The van der Waals surface area contributed by atoms with Crippen LogP contribution in [-0.2, 0) is 4.79 Å². The summed E-state index contributed by atoms with van der Waals surface area (Å²) in [6.45, 7) is 1.59. The van der Waals surface area contributed by atoms with E-state index in [0.29, 0.717) is 0 Å². The van der Waals surface area contributed by atoms with Gasteiger partial charge in [0.2, 0.25) is 5.91 Å². The highest BCUT2D eigenvalue weighted by atomic mass is 35.5. The Morgan fingerprint density at radius 3 is 2.56 bits per heavy atom. The fraction of sp³-hybridized carbons (Fsp3) is 0.444. The molecular weight excluding hydrogens is 253 g/mol. The number of halogens is 2. The molecule has 1 amide bonds. The summed E-state index contributed by atoms with van der Waals surface area (Å²) < 4.78 is 1.15. The maximum atomic E-state index is 11.7. The van der Waals surface area contributed by atoms with Crippen LogP contribution in [-0.4, -0.2) is 34.5 Å². The summed E-state index contributed by atoms with van der Waals surface area (Å²) >= 11 is 11.2. The van der Waals surface area contributed by atoms with Gasteiger partial charge in [-0.3, -0.25) is 14.2 Å². The Labute approximate surface area is 103 Å². The molecule has 1 aromatic heterocycles. The van der Waals surface area contributed by atoms with Crippen LogP contribution >= 0.6 is 23.2 Å². The number of aromatic nitrogens is 2. The van der Waals surface area contributed by atoms with Crippen LogP contribution in [0.3, 0.4) is 0 Å². The Bertz CT molecular complexity index is 470. The van der Waals surface area contributed by atoms with Gasteiger partial charge in [0.05, 0.1) is 0 Å². The normalized spacial score (nSPS) is 12.3. The Kier molecular flexibility index (Phi) is 3.93. The lowest BCUT2D eigenvalue weighted by atomic mass is 10.3. The molecule has 7 heteroatoms. The average molecular weight is 264 g/mol. The van der Waals surface area contributed by atoms with Crippen LogP contribution in [0.15, 0.2) is 11.1 Å². The maximum absolute atomic E-state index is 11.7. The highest BCUT2D eigenvalue weighted by Crippen LogP contribution is 2.15. The predicted octanol–water partition coefficient (Wildman–Crippen LogP) is 1.20. The van der Waals surface area contributed by atoms with E-state index in [0.717, 1.165) is 4.57 Å². The topological polar surface area (TPSA) is 55.2 Å². The van der Waals surface area contributed by atoms with Gasteiger partial charge in [0.1, 0.15) is 17.4 Å². The van der Waals surface area contributed by atoms with E-state index in [9.17, 15) is 9.59 Å². The van der Waals surface area contributed by atoms with Gasteiger partial charge in [-0.15, -0.1) is 0 Å². The van der Waals surface area contributed by atoms with E-state index >= 15 is 0 Å². The second-order valence-electron chi connectivity index (χ2n) is 3.47. The summed E-state index contributed by atoms with van der Waals surface area (Å²) in [6, 6.07) is -0.662. The molecule has 0 spiro atoms. The molecule has 1 heterocycles. The predicted molar refractivity (Wildman–Crippen MR) is 61.9 cm³/mol. The van der Waals surface area contributed by atoms with Crippen molar-refractivity contribution in [1.82, 2.24) is 14.5 Å². The number of hydrogen-bond acceptors (Lipinski definition) is 3. The molecule has 0 saturated carbocycles. The zero-order valence-corrected chi connectivity index (χ0v) is 10.6. The van der Waals surface area contributed by atoms with Crippen LogP contribution in [0.5, 0.6) is 0 Å². The summed E-state index contributed by atoms with van der Waals surface area (Å²) in [5.41, 5.74) is -0.524. The van der Waals surface area contributed by atoms with Crippen molar-refractivity contribution < 1.29 is 4.79 Å². The van der Waals surface area contributed by atoms with Crippen molar-refractivity contribution in [3.63, 3.8) is 0 Å². The second kappa shape index (κ2) is 4.84. The minimum absolute atomic E-state index is 0.0626. The second-order valence-corrected chi connectivity index (χ2v) is 4.21. The first-order valence-electron chi connectivity index (χ1n) is 4.49. The first-order chi connectivity index (χ1) is 7.36. The number of carbonyl (C=O) groups excluding carboxylic acids is 1. The molecule has 5 nitrogen and oxygen atoms in total. The van der Waals surface area contributed by atoms with Crippen molar-refractivity contribution in [1.29, 1.82) is 0 Å². The maximum Gasteiger partial charge on any atom is 0.274 e. The van der Waals surface area contributed by atoms with Gasteiger partial charge in [0.25, 0.3) is 5.56 Å². The lowest BCUT2D eigenvalue weighted by Gasteiger charge is -2.18. The highest BCUT2D eigenvalue weighted by Gasteiger charge is 2.19. The van der Waals surface area contributed by atoms with Crippen molar-refractivity contribution in [2.24, 2.45) is 0 Å². The number of amides is 1. The quantitative estimate of drug-likeness (QED) is 0.754.